The summed E-state index contributed by atoms with van der Waals surface area (Å²) in [4.78, 5) is 4.33. The van der Waals surface area contributed by atoms with Gasteiger partial charge in [0.2, 0.25) is 0 Å². The SMILES string of the molecule is CC(C)=C/C=C(\C)n1ncnc1C1CC(n2cc(-c3cc(F)c(F)c(F)c3)nn2)C(O)C(CO)O1. The van der Waals surface area contributed by atoms with Crippen LogP contribution in [0.4, 0.5) is 13.2 Å². The van der Waals surface area contributed by atoms with E-state index in [1.807, 2.05) is 32.9 Å². The van der Waals surface area contributed by atoms with Crippen molar-refractivity contribution >= 4 is 5.70 Å². The predicted molar refractivity (Wildman–Crippen MR) is 119 cm³/mol. The smallest absolute Gasteiger partial charge is 0.194 e. The number of allylic oxidation sites excluding steroid dienone is 4. The summed E-state index contributed by atoms with van der Waals surface area (Å²) in [7, 11) is 0. The first-order valence-corrected chi connectivity index (χ1v) is 10.9. The fraction of sp³-hybridized carbons (Fsp3) is 0.391. The van der Waals surface area contributed by atoms with E-state index in [4.69, 9.17) is 4.74 Å². The number of hydrogen-bond donors (Lipinski definition) is 2. The molecule has 1 aliphatic rings. The molecule has 0 saturated carbocycles. The number of halogens is 3. The molecule has 1 saturated heterocycles. The van der Waals surface area contributed by atoms with E-state index in [1.165, 1.54) is 17.2 Å². The molecule has 1 aromatic carbocycles. The Hall–Kier alpha value is -3.35. The minimum Gasteiger partial charge on any atom is -0.394 e. The van der Waals surface area contributed by atoms with Crippen LogP contribution in [0.5, 0.6) is 0 Å². The molecule has 0 amide bonds. The normalized spacial score (nSPS) is 22.9. The van der Waals surface area contributed by atoms with Crippen LogP contribution in [0.25, 0.3) is 17.0 Å². The molecule has 4 atom stereocenters. The zero-order chi connectivity index (χ0) is 25.3. The Kier molecular flexibility index (Phi) is 7.15. The molecule has 0 radical (unpaired) electrons. The van der Waals surface area contributed by atoms with Crippen molar-refractivity contribution in [2.45, 2.75) is 51.5 Å². The summed E-state index contributed by atoms with van der Waals surface area (Å²) in [6, 6.07) is 0.919. The van der Waals surface area contributed by atoms with Gasteiger partial charge in [-0.25, -0.2) is 27.5 Å². The first-order chi connectivity index (χ1) is 16.7. The molecule has 186 valence electrons. The van der Waals surface area contributed by atoms with E-state index in [0.29, 0.717) is 5.82 Å². The fourth-order valence-corrected chi connectivity index (χ4v) is 3.91. The second-order valence-corrected chi connectivity index (χ2v) is 8.56. The predicted octanol–water partition coefficient (Wildman–Crippen LogP) is 3.21. The highest BCUT2D eigenvalue weighted by molar-refractivity contribution is 5.58. The van der Waals surface area contributed by atoms with Crippen molar-refractivity contribution in [3.63, 3.8) is 0 Å². The second kappa shape index (κ2) is 10.1. The number of rotatable bonds is 6. The van der Waals surface area contributed by atoms with E-state index >= 15 is 0 Å². The van der Waals surface area contributed by atoms with Gasteiger partial charge in [0.1, 0.15) is 30.3 Å². The number of hydrogen-bond acceptors (Lipinski definition) is 7. The Morgan fingerprint density at radius 2 is 1.89 bits per heavy atom. The number of aliphatic hydroxyl groups excluding tert-OH is 2. The maximum absolute atomic E-state index is 13.7. The largest absolute Gasteiger partial charge is 0.394 e. The lowest BCUT2D eigenvalue weighted by molar-refractivity contribution is -0.161. The van der Waals surface area contributed by atoms with Gasteiger partial charge in [-0.1, -0.05) is 16.9 Å². The molecular formula is C23H25F3N6O3. The van der Waals surface area contributed by atoms with Gasteiger partial charge in [-0.15, -0.1) is 5.10 Å². The lowest BCUT2D eigenvalue weighted by atomic mass is 9.95. The van der Waals surface area contributed by atoms with E-state index in [9.17, 15) is 23.4 Å². The number of benzene rings is 1. The van der Waals surface area contributed by atoms with Gasteiger partial charge < -0.3 is 14.9 Å². The van der Waals surface area contributed by atoms with Gasteiger partial charge in [0.25, 0.3) is 0 Å². The Labute approximate surface area is 199 Å². The molecule has 3 aromatic rings. The van der Waals surface area contributed by atoms with Gasteiger partial charge in [-0.3, -0.25) is 0 Å². The fourth-order valence-electron chi connectivity index (χ4n) is 3.91. The average Bonchev–Trinajstić information content (AvgIpc) is 3.51. The minimum atomic E-state index is -1.58. The minimum absolute atomic E-state index is 0.00997. The molecule has 1 aliphatic heterocycles. The topological polar surface area (TPSA) is 111 Å². The van der Waals surface area contributed by atoms with Crippen molar-refractivity contribution in [2.24, 2.45) is 0 Å². The molecule has 2 aromatic heterocycles. The molecule has 12 heteroatoms. The van der Waals surface area contributed by atoms with E-state index < -0.39 is 48.4 Å². The molecule has 2 N–H and O–H groups in total. The maximum Gasteiger partial charge on any atom is 0.194 e. The van der Waals surface area contributed by atoms with Crippen LogP contribution in [0.15, 0.2) is 42.4 Å². The molecular weight excluding hydrogens is 465 g/mol. The summed E-state index contributed by atoms with van der Waals surface area (Å²) in [5, 5.41) is 32.9. The average molecular weight is 490 g/mol. The standard InChI is InChI=1S/C23H25F3N6O3/c1-12(2)4-5-13(3)32-23(27-11-28-32)19-8-18(22(34)20(10-33)35-19)31-9-17(29-30-31)14-6-15(24)21(26)16(25)7-14/h4-7,9,11,18-20,22,33-34H,8,10H2,1-3H3/b13-5+. The molecule has 4 unspecified atom stereocenters. The third-order valence-corrected chi connectivity index (χ3v) is 5.73. The zero-order valence-electron chi connectivity index (χ0n) is 19.3. The van der Waals surface area contributed by atoms with Gasteiger partial charge in [-0.2, -0.15) is 5.10 Å². The third-order valence-electron chi connectivity index (χ3n) is 5.73. The summed E-state index contributed by atoms with van der Waals surface area (Å²) in [5.41, 5.74) is 1.96. The zero-order valence-corrected chi connectivity index (χ0v) is 19.3. The van der Waals surface area contributed by atoms with Crippen LogP contribution in [-0.2, 0) is 4.74 Å². The summed E-state index contributed by atoms with van der Waals surface area (Å²) < 4.78 is 49.6. The lowest BCUT2D eigenvalue weighted by Gasteiger charge is -2.38. The molecule has 4 rings (SSSR count). The Morgan fingerprint density at radius 3 is 2.54 bits per heavy atom. The lowest BCUT2D eigenvalue weighted by Crippen LogP contribution is -2.45. The van der Waals surface area contributed by atoms with Gasteiger partial charge >= 0.3 is 0 Å². The molecule has 0 spiro atoms. The van der Waals surface area contributed by atoms with Crippen LogP contribution < -0.4 is 0 Å². The Bertz CT molecular complexity index is 1240. The van der Waals surface area contributed by atoms with Crippen molar-refractivity contribution < 1.29 is 28.1 Å². The first kappa shape index (κ1) is 24.8. The van der Waals surface area contributed by atoms with Gasteiger partial charge in [0.15, 0.2) is 23.3 Å². The monoisotopic (exact) mass is 490 g/mol. The van der Waals surface area contributed by atoms with Crippen molar-refractivity contribution in [1.82, 2.24) is 29.8 Å². The Morgan fingerprint density at radius 1 is 1.17 bits per heavy atom. The summed E-state index contributed by atoms with van der Waals surface area (Å²) >= 11 is 0. The molecule has 9 nitrogen and oxygen atoms in total. The number of aliphatic hydroxyl groups is 2. The second-order valence-electron chi connectivity index (χ2n) is 8.56. The molecule has 1 fully saturated rings. The van der Waals surface area contributed by atoms with Crippen molar-refractivity contribution in [1.29, 1.82) is 0 Å². The molecule has 0 aliphatic carbocycles. The van der Waals surface area contributed by atoms with Crippen LogP contribution in [0.1, 0.15) is 45.2 Å². The van der Waals surface area contributed by atoms with Crippen LogP contribution in [-0.4, -0.2) is 58.8 Å². The van der Waals surface area contributed by atoms with Gasteiger partial charge in [-0.05, 0) is 39.0 Å². The maximum atomic E-state index is 13.7. The molecule has 3 heterocycles. The number of aromatic nitrogens is 6. The van der Waals surface area contributed by atoms with Crippen molar-refractivity contribution in [3.05, 3.63) is 65.7 Å². The summed E-state index contributed by atoms with van der Waals surface area (Å²) in [5.74, 6) is -3.80. The van der Waals surface area contributed by atoms with Gasteiger partial charge in [0.05, 0.1) is 18.8 Å². The van der Waals surface area contributed by atoms with E-state index in [-0.39, 0.29) is 17.7 Å². The summed E-state index contributed by atoms with van der Waals surface area (Å²) in [6.45, 7) is 5.33. The van der Waals surface area contributed by atoms with E-state index in [0.717, 1.165) is 23.4 Å². The highest BCUT2D eigenvalue weighted by Crippen LogP contribution is 2.37. The van der Waals surface area contributed by atoms with Crippen LogP contribution in [0.3, 0.4) is 0 Å². The summed E-state index contributed by atoms with van der Waals surface area (Å²) in [6.07, 6.45) is 4.01. The van der Waals surface area contributed by atoms with E-state index in [1.54, 1.807) is 4.68 Å². The van der Waals surface area contributed by atoms with Crippen LogP contribution in [0, 0.1) is 17.5 Å². The number of ether oxygens (including phenoxy) is 1. The molecule has 35 heavy (non-hydrogen) atoms. The highest BCUT2D eigenvalue weighted by Gasteiger charge is 2.41. The van der Waals surface area contributed by atoms with Crippen molar-refractivity contribution in [2.75, 3.05) is 6.61 Å². The number of nitrogens with zero attached hydrogens (tertiary/aromatic N) is 6. The Balaban J connectivity index is 1.65. The van der Waals surface area contributed by atoms with E-state index in [2.05, 4.69) is 20.4 Å². The highest BCUT2D eigenvalue weighted by atomic mass is 19.2. The van der Waals surface area contributed by atoms with Crippen molar-refractivity contribution in [3.8, 4) is 11.3 Å². The molecule has 0 bridgehead atoms. The third kappa shape index (κ3) is 5.04. The van der Waals surface area contributed by atoms with Crippen LogP contribution in [0.2, 0.25) is 0 Å². The first-order valence-electron chi connectivity index (χ1n) is 10.9. The van der Waals surface area contributed by atoms with Crippen LogP contribution >= 0.6 is 0 Å². The van der Waals surface area contributed by atoms with Gasteiger partial charge in [0, 0.05) is 17.7 Å². The quantitative estimate of drug-likeness (QED) is 0.403.